The Kier molecular flexibility index (Phi) is 3.31. The lowest BCUT2D eigenvalue weighted by Crippen LogP contribution is -2.37. The number of nitrogens with one attached hydrogen (secondary N) is 1. The van der Waals surface area contributed by atoms with Crippen molar-refractivity contribution in [3.8, 4) is 0 Å². The first kappa shape index (κ1) is 10.5. The van der Waals surface area contributed by atoms with Crippen LogP contribution in [0.25, 0.3) is 0 Å². The van der Waals surface area contributed by atoms with Gasteiger partial charge >= 0.3 is 0 Å². The molecule has 4 atom stereocenters. The van der Waals surface area contributed by atoms with Crippen molar-refractivity contribution >= 4 is 5.91 Å². The highest BCUT2D eigenvalue weighted by Crippen LogP contribution is 2.37. The highest BCUT2D eigenvalue weighted by molar-refractivity contribution is 5.81. The zero-order valence-electron chi connectivity index (χ0n) is 8.71. The maximum absolute atomic E-state index is 11.5. The summed E-state index contributed by atoms with van der Waals surface area (Å²) in [4.78, 5) is 11.5. The van der Waals surface area contributed by atoms with Crippen LogP contribution >= 0.6 is 0 Å². The second-order valence-corrected chi connectivity index (χ2v) is 4.44. The second-order valence-electron chi connectivity index (χ2n) is 4.44. The monoisotopic (exact) mass is 184 g/mol. The SMILES string of the molecule is CC(N)CC(C)NC(=O)C1CC1C. The number of hydrogen-bond acceptors (Lipinski definition) is 2. The molecule has 0 saturated heterocycles. The lowest BCUT2D eigenvalue weighted by molar-refractivity contribution is -0.123. The Bertz CT molecular complexity index is 191. The van der Waals surface area contributed by atoms with Crippen LogP contribution in [0.15, 0.2) is 0 Å². The van der Waals surface area contributed by atoms with Gasteiger partial charge in [-0.15, -0.1) is 0 Å². The highest BCUT2D eigenvalue weighted by Gasteiger charge is 2.39. The fourth-order valence-corrected chi connectivity index (χ4v) is 1.65. The van der Waals surface area contributed by atoms with E-state index in [9.17, 15) is 4.79 Å². The van der Waals surface area contributed by atoms with Crippen LogP contribution in [-0.2, 0) is 4.79 Å². The fraction of sp³-hybridized carbons (Fsp3) is 0.900. The van der Waals surface area contributed by atoms with Crippen molar-refractivity contribution < 1.29 is 4.79 Å². The lowest BCUT2D eigenvalue weighted by atomic mass is 10.1. The molecule has 1 aliphatic carbocycles. The molecular weight excluding hydrogens is 164 g/mol. The molecule has 1 aliphatic rings. The van der Waals surface area contributed by atoms with Gasteiger partial charge in [-0.2, -0.15) is 0 Å². The van der Waals surface area contributed by atoms with Crippen LogP contribution in [-0.4, -0.2) is 18.0 Å². The Morgan fingerprint density at radius 3 is 2.54 bits per heavy atom. The van der Waals surface area contributed by atoms with Gasteiger partial charge in [0, 0.05) is 18.0 Å². The summed E-state index contributed by atoms with van der Waals surface area (Å²) >= 11 is 0. The van der Waals surface area contributed by atoms with Gasteiger partial charge in [-0.25, -0.2) is 0 Å². The topological polar surface area (TPSA) is 55.1 Å². The van der Waals surface area contributed by atoms with E-state index in [2.05, 4.69) is 12.2 Å². The normalized spacial score (nSPS) is 30.8. The van der Waals surface area contributed by atoms with Crippen molar-refractivity contribution in [1.29, 1.82) is 0 Å². The van der Waals surface area contributed by atoms with Gasteiger partial charge in [0.2, 0.25) is 5.91 Å². The molecule has 0 spiro atoms. The number of rotatable bonds is 4. The van der Waals surface area contributed by atoms with Crippen LogP contribution in [0.1, 0.15) is 33.6 Å². The van der Waals surface area contributed by atoms with Gasteiger partial charge < -0.3 is 11.1 Å². The molecule has 0 bridgehead atoms. The molecule has 0 radical (unpaired) electrons. The molecule has 0 aromatic carbocycles. The molecule has 0 aromatic rings. The molecule has 1 fully saturated rings. The minimum absolute atomic E-state index is 0.159. The van der Waals surface area contributed by atoms with Gasteiger partial charge in [0.05, 0.1) is 0 Å². The molecule has 3 N–H and O–H groups in total. The molecule has 4 unspecified atom stereocenters. The Labute approximate surface area is 80.1 Å². The van der Waals surface area contributed by atoms with E-state index in [1.54, 1.807) is 0 Å². The summed E-state index contributed by atoms with van der Waals surface area (Å²) in [5, 5.41) is 2.98. The van der Waals surface area contributed by atoms with Crippen molar-refractivity contribution in [3.63, 3.8) is 0 Å². The van der Waals surface area contributed by atoms with Crippen LogP contribution < -0.4 is 11.1 Å². The molecule has 0 aromatic heterocycles. The van der Waals surface area contributed by atoms with Gasteiger partial charge in [-0.05, 0) is 32.6 Å². The number of carbonyl (C=O) groups excluding carboxylic acids is 1. The van der Waals surface area contributed by atoms with Crippen LogP contribution in [0.5, 0.6) is 0 Å². The smallest absolute Gasteiger partial charge is 0.223 e. The largest absolute Gasteiger partial charge is 0.353 e. The average molecular weight is 184 g/mol. The predicted molar refractivity (Wildman–Crippen MR) is 53.1 cm³/mol. The summed E-state index contributed by atoms with van der Waals surface area (Å²) in [5.41, 5.74) is 5.64. The molecule has 0 heterocycles. The third kappa shape index (κ3) is 3.35. The van der Waals surface area contributed by atoms with E-state index in [4.69, 9.17) is 5.73 Å². The van der Waals surface area contributed by atoms with E-state index in [1.165, 1.54) is 0 Å². The first-order valence-electron chi connectivity index (χ1n) is 5.06. The maximum Gasteiger partial charge on any atom is 0.223 e. The van der Waals surface area contributed by atoms with Crippen molar-refractivity contribution in [3.05, 3.63) is 0 Å². The van der Waals surface area contributed by atoms with E-state index in [-0.39, 0.29) is 23.9 Å². The minimum atomic E-state index is 0.159. The van der Waals surface area contributed by atoms with E-state index >= 15 is 0 Å². The first-order valence-corrected chi connectivity index (χ1v) is 5.06. The second kappa shape index (κ2) is 4.09. The minimum Gasteiger partial charge on any atom is -0.353 e. The van der Waals surface area contributed by atoms with Crippen molar-refractivity contribution in [2.75, 3.05) is 0 Å². The van der Waals surface area contributed by atoms with Crippen molar-refractivity contribution in [1.82, 2.24) is 5.32 Å². The summed E-state index contributed by atoms with van der Waals surface area (Å²) in [6, 6.07) is 0.368. The third-order valence-corrected chi connectivity index (χ3v) is 2.56. The molecular formula is C10H20N2O. The van der Waals surface area contributed by atoms with E-state index in [0.29, 0.717) is 5.92 Å². The maximum atomic E-state index is 11.5. The molecule has 0 aliphatic heterocycles. The fourth-order valence-electron chi connectivity index (χ4n) is 1.65. The van der Waals surface area contributed by atoms with E-state index in [1.807, 2.05) is 13.8 Å². The molecule has 1 rings (SSSR count). The molecule has 3 nitrogen and oxygen atoms in total. The van der Waals surface area contributed by atoms with Crippen LogP contribution in [0.2, 0.25) is 0 Å². The Morgan fingerprint density at radius 1 is 1.62 bits per heavy atom. The number of hydrogen-bond donors (Lipinski definition) is 2. The van der Waals surface area contributed by atoms with Gasteiger partial charge in [0.25, 0.3) is 0 Å². The average Bonchev–Trinajstić information content (AvgIpc) is 2.64. The van der Waals surface area contributed by atoms with Crippen molar-refractivity contribution in [2.24, 2.45) is 17.6 Å². The standard InChI is InChI=1S/C10H20N2O/c1-6-4-9(6)10(13)12-8(3)5-7(2)11/h6-9H,4-5,11H2,1-3H3,(H,12,13). The van der Waals surface area contributed by atoms with Crippen LogP contribution in [0.4, 0.5) is 0 Å². The molecule has 1 saturated carbocycles. The third-order valence-electron chi connectivity index (χ3n) is 2.56. The van der Waals surface area contributed by atoms with Crippen LogP contribution in [0.3, 0.4) is 0 Å². The van der Waals surface area contributed by atoms with Gasteiger partial charge in [-0.1, -0.05) is 6.92 Å². The quantitative estimate of drug-likeness (QED) is 0.681. The molecule has 13 heavy (non-hydrogen) atoms. The van der Waals surface area contributed by atoms with E-state index < -0.39 is 0 Å². The van der Waals surface area contributed by atoms with Crippen molar-refractivity contribution in [2.45, 2.75) is 45.7 Å². The predicted octanol–water partition coefficient (Wildman–Crippen LogP) is 0.884. The number of carbonyl (C=O) groups is 1. The van der Waals surface area contributed by atoms with Gasteiger partial charge in [0.15, 0.2) is 0 Å². The van der Waals surface area contributed by atoms with Gasteiger partial charge in [0.1, 0.15) is 0 Å². The molecule has 3 heteroatoms. The Morgan fingerprint density at radius 2 is 2.15 bits per heavy atom. The summed E-state index contributed by atoms with van der Waals surface area (Å²) in [5.74, 6) is 1.07. The Balaban J connectivity index is 2.20. The summed E-state index contributed by atoms with van der Waals surface area (Å²) in [6.45, 7) is 6.08. The zero-order valence-corrected chi connectivity index (χ0v) is 8.71. The van der Waals surface area contributed by atoms with Gasteiger partial charge in [-0.3, -0.25) is 4.79 Å². The molecule has 1 amide bonds. The number of nitrogens with two attached hydrogens (primary N) is 1. The summed E-state index contributed by atoms with van der Waals surface area (Å²) in [7, 11) is 0. The summed E-state index contributed by atoms with van der Waals surface area (Å²) < 4.78 is 0. The Hall–Kier alpha value is -0.570. The zero-order chi connectivity index (χ0) is 10.0. The number of amides is 1. The lowest BCUT2D eigenvalue weighted by Gasteiger charge is -2.15. The van der Waals surface area contributed by atoms with Crippen LogP contribution in [0, 0.1) is 11.8 Å². The first-order chi connectivity index (χ1) is 6.00. The van der Waals surface area contributed by atoms with E-state index in [0.717, 1.165) is 12.8 Å². The summed E-state index contributed by atoms with van der Waals surface area (Å²) in [6.07, 6.45) is 1.91. The molecule has 76 valence electrons. The highest BCUT2D eigenvalue weighted by atomic mass is 16.2.